The third kappa shape index (κ3) is 1.68. The Balaban J connectivity index is 2.40. The molecule has 1 aliphatic heterocycles. The van der Waals surface area contributed by atoms with Gasteiger partial charge in [-0.2, -0.15) is 0 Å². The van der Waals surface area contributed by atoms with E-state index in [0.717, 1.165) is 18.5 Å². The third-order valence-electron chi connectivity index (χ3n) is 2.89. The molecule has 1 atom stereocenters. The van der Waals surface area contributed by atoms with Gasteiger partial charge in [0.05, 0.1) is 0 Å². The fraction of sp³-hybridized carbons (Fsp3) is 0.500. The van der Waals surface area contributed by atoms with Crippen molar-refractivity contribution in [1.29, 1.82) is 0 Å². The molecule has 0 radical (unpaired) electrons. The van der Waals surface area contributed by atoms with Crippen LogP contribution < -0.4 is 5.32 Å². The van der Waals surface area contributed by atoms with Gasteiger partial charge in [0.25, 0.3) is 0 Å². The summed E-state index contributed by atoms with van der Waals surface area (Å²) in [4.78, 5) is 0. The summed E-state index contributed by atoms with van der Waals surface area (Å²) in [5, 5.41) is 13.5. The van der Waals surface area contributed by atoms with Crippen LogP contribution in [-0.2, 0) is 5.60 Å². The van der Waals surface area contributed by atoms with Crippen LogP contribution in [0.15, 0.2) is 18.2 Å². The van der Waals surface area contributed by atoms with E-state index >= 15 is 0 Å². The van der Waals surface area contributed by atoms with E-state index in [1.165, 1.54) is 11.1 Å². The second-order valence-corrected chi connectivity index (χ2v) is 4.33. The highest BCUT2D eigenvalue weighted by atomic mass is 16.3. The predicted molar refractivity (Wildman–Crippen MR) is 57.3 cm³/mol. The summed E-state index contributed by atoms with van der Waals surface area (Å²) in [6, 6.07) is 6.30. The van der Waals surface area contributed by atoms with Crippen LogP contribution in [0.25, 0.3) is 0 Å². The van der Waals surface area contributed by atoms with Crippen molar-refractivity contribution >= 4 is 0 Å². The summed E-state index contributed by atoms with van der Waals surface area (Å²) in [6.45, 7) is 5.73. The van der Waals surface area contributed by atoms with Gasteiger partial charge in [0.15, 0.2) is 0 Å². The molecule has 1 fully saturated rings. The van der Waals surface area contributed by atoms with E-state index in [0.29, 0.717) is 6.54 Å². The lowest BCUT2D eigenvalue weighted by Crippen LogP contribution is -2.28. The fourth-order valence-electron chi connectivity index (χ4n) is 2.17. The van der Waals surface area contributed by atoms with Crippen LogP contribution in [0, 0.1) is 13.8 Å². The summed E-state index contributed by atoms with van der Waals surface area (Å²) >= 11 is 0. The van der Waals surface area contributed by atoms with Crippen LogP contribution in [0.1, 0.15) is 23.1 Å². The maximum absolute atomic E-state index is 10.3. The molecule has 1 aliphatic rings. The Morgan fingerprint density at radius 2 is 1.86 bits per heavy atom. The molecular weight excluding hydrogens is 174 g/mol. The van der Waals surface area contributed by atoms with Crippen LogP contribution in [0.2, 0.25) is 0 Å². The van der Waals surface area contributed by atoms with E-state index in [-0.39, 0.29) is 0 Å². The van der Waals surface area contributed by atoms with Gasteiger partial charge in [0.2, 0.25) is 0 Å². The van der Waals surface area contributed by atoms with Crippen LogP contribution in [-0.4, -0.2) is 18.2 Å². The van der Waals surface area contributed by atoms with Gasteiger partial charge in [-0.3, -0.25) is 0 Å². The molecule has 1 aromatic carbocycles. The first-order valence-corrected chi connectivity index (χ1v) is 5.12. The molecule has 0 aromatic heterocycles. The van der Waals surface area contributed by atoms with E-state index < -0.39 is 5.60 Å². The highest BCUT2D eigenvalue weighted by Gasteiger charge is 2.32. The van der Waals surface area contributed by atoms with E-state index in [9.17, 15) is 5.11 Å². The molecule has 2 nitrogen and oxygen atoms in total. The number of hydrogen-bond acceptors (Lipinski definition) is 2. The average molecular weight is 191 g/mol. The molecule has 2 rings (SSSR count). The molecule has 2 heteroatoms. The predicted octanol–water partition coefficient (Wildman–Crippen LogP) is 1.48. The first-order valence-electron chi connectivity index (χ1n) is 5.12. The summed E-state index contributed by atoms with van der Waals surface area (Å²) < 4.78 is 0. The number of rotatable bonds is 1. The first kappa shape index (κ1) is 9.69. The Kier molecular flexibility index (Phi) is 2.33. The molecule has 0 bridgehead atoms. The fourth-order valence-corrected chi connectivity index (χ4v) is 2.17. The van der Waals surface area contributed by atoms with Crippen molar-refractivity contribution in [3.05, 3.63) is 34.9 Å². The second kappa shape index (κ2) is 3.37. The monoisotopic (exact) mass is 191 g/mol. The SMILES string of the molecule is Cc1cc(C)cc(C2(O)CCNC2)c1. The summed E-state index contributed by atoms with van der Waals surface area (Å²) in [7, 11) is 0. The van der Waals surface area contributed by atoms with Crippen LogP contribution >= 0.6 is 0 Å². The Morgan fingerprint density at radius 3 is 2.36 bits per heavy atom. The number of β-amino-alcohol motifs (C(OH)–C–C–N with tert-alkyl or cyclic N) is 1. The van der Waals surface area contributed by atoms with Gasteiger partial charge in [0.1, 0.15) is 5.60 Å². The molecule has 1 saturated heterocycles. The summed E-state index contributed by atoms with van der Waals surface area (Å²) in [5.74, 6) is 0. The smallest absolute Gasteiger partial charge is 0.103 e. The zero-order valence-corrected chi connectivity index (χ0v) is 8.80. The standard InChI is InChI=1S/C12H17NO/c1-9-5-10(2)7-11(6-9)12(14)3-4-13-8-12/h5-7,13-14H,3-4,8H2,1-2H3. The minimum absolute atomic E-state index is 0.642. The molecule has 0 aliphatic carbocycles. The number of hydrogen-bond donors (Lipinski definition) is 2. The average Bonchev–Trinajstić information content (AvgIpc) is 2.52. The highest BCUT2D eigenvalue weighted by Crippen LogP contribution is 2.28. The molecule has 1 unspecified atom stereocenters. The largest absolute Gasteiger partial charge is 0.384 e. The quantitative estimate of drug-likeness (QED) is 0.705. The highest BCUT2D eigenvalue weighted by molar-refractivity contribution is 5.33. The Hall–Kier alpha value is -0.860. The van der Waals surface area contributed by atoms with Gasteiger partial charge in [0, 0.05) is 6.54 Å². The topological polar surface area (TPSA) is 32.3 Å². The lowest BCUT2D eigenvalue weighted by molar-refractivity contribution is 0.0586. The number of nitrogens with one attached hydrogen (secondary N) is 1. The summed E-state index contributed by atoms with van der Waals surface area (Å²) in [5.41, 5.74) is 2.86. The molecule has 0 amide bonds. The molecule has 1 heterocycles. The van der Waals surface area contributed by atoms with E-state index in [1.807, 2.05) is 0 Å². The Morgan fingerprint density at radius 1 is 1.21 bits per heavy atom. The van der Waals surface area contributed by atoms with Gasteiger partial charge >= 0.3 is 0 Å². The Labute approximate surface area is 85.0 Å². The van der Waals surface area contributed by atoms with Gasteiger partial charge in [-0.25, -0.2) is 0 Å². The molecule has 2 N–H and O–H groups in total. The van der Waals surface area contributed by atoms with E-state index in [4.69, 9.17) is 0 Å². The summed E-state index contributed by atoms with van der Waals surface area (Å²) in [6.07, 6.45) is 0.815. The van der Waals surface area contributed by atoms with Crippen molar-refractivity contribution in [2.75, 3.05) is 13.1 Å². The molecular formula is C12H17NO. The van der Waals surface area contributed by atoms with Crippen molar-refractivity contribution in [1.82, 2.24) is 5.32 Å². The Bertz CT molecular complexity index is 320. The first-order chi connectivity index (χ1) is 6.60. The number of aryl methyl sites for hydroxylation is 2. The van der Waals surface area contributed by atoms with Crippen LogP contribution in [0.4, 0.5) is 0 Å². The maximum Gasteiger partial charge on any atom is 0.103 e. The maximum atomic E-state index is 10.3. The van der Waals surface area contributed by atoms with Crippen molar-refractivity contribution < 1.29 is 5.11 Å². The van der Waals surface area contributed by atoms with Crippen molar-refractivity contribution in [2.24, 2.45) is 0 Å². The third-order valence-corrected chi connectivity index (χ3v) is 2.89. The molecule has 0 saturated carbocycles. The minimum Gasteiger partial charge on any atom is -0.384 e. The van der Waals surface area contributed by atoms with Crippen molar-refractivity contribution in [2.45, 2.75) is 25.9 Å². The molecule has 76 valence electrons. The zero-order valence-electron chi connectivity index (χ0n) is 8.80. The lowest BCUT2D eigenvalue weighted by atomic mass is 9.90. The normalized spacial score (nSPS) is 26.8. The second-order valence-electron chi connectivity index (χ2n) is 4.33. The molecule has 0 spiro atoms. The zero-order chi connectivity index (χ0) is 10.2. The van der Waals surface area contributed by atoms with Gasteiger partial charge < -0.3 is 10.4 Å². The number of aliphatic hydroxyl groups is 1. The minimum atomic E-state index is -0.642. The van der Waals surface area contributed by atoms with Gasteiger partial charge in [-0.1, -0.05) is 29.3 Å². The van der Waals surface area contributed by atoms with E-state index in [2.05, 4.69) is 37.4 Å². The van der Waals surface area contributed by atoms with Gasteiger partial charge in [-0.15, -0.1) is 0 Å². The van der Waals surface area contributed by atoms with E-state index in [1.54, 1.807) is 0 Å². The van der Waals surface area contributed by atoms with Crippen molar-refractivity contribution in [3.8, 4) is 0 Å². The van der Waals surface area contributed by atoms with Crippen LogP contribution in [0.3, 0.4) is 0 Å². The lowest BCUT2D eigenvalue weighted by Gasteiger charge is -2.22. The molecule has 1 aromatic rings. The van der Waals surface area contributed by atoms with Gasteiger partial charge in [-0.05, 0) is 32.4 Å². The van der Waals surface area contributed by atoms with Crippen molar-refractivity contribution in [3.63, 3.8) is 0 Å². The van der Waals surface area contributed by atoms with Crippen LogP contribution in [0.5, 0.6) is 0 Å². The number of benzene rings is 1. The molecule has 14 heavy (non-hydrogen) atoms.